The van der Waals surface area contributed by atoms with Crippen molar-refractivity contribution in [3.63, 3.8) is 0 Å². The van der Waals surface area contributed by atoms with Gasteiger partial charge in [-0.05, 0) is 25.0 Å². The second-order valence-corrected chi connectivity index (χ2v) is 4.94. The number of pyridine rings is 1. The third-order valence-corrected chi connectivity index (χ3v) is 3.25. The minimum Gasteiger partial charge on any atom is -0.358 e. The van der Waals surface area contributed by atoms with Crippen LogP contribution in [0, 0.1) is 17.0 Å². The lowest BCUT2D eigenvalue weighted by molar-refractivity contribution is -0.384. The molecule has 2 rings (SSSR count). The summed E-state index contributed by atoms with van der Waals surface area (Å²) in [6, 6.07) is 9.07. The normalized spacial score (nSPS) is 11.9. The Morgan fingerprint density at radius 3 is 2.75 bits per heavy atom. The molecule has 5 nitrogen and oxygen atoms in total. The second-order valence-electron chi connectivity index (χ2n) is 4.50. The minimum absolute atomic E-state index is 0.0939. The van der Waals surface area contributed by atoms with E-state index in [1.54, 1.807) is 0 Å². The topological polar surface area (TPSA) is 68.1 Å². The molecule has 0 spiro atoms. The summed E-state index contributed by atoms with van der Waals surface area (Å²) in [4.78, 5) is 14.5. The van der Waals surface area contributed by atoms with E-state index in [1.165, 1.54) is 12.3 Å². The SMILES string of the molecule is Cc1ccccc1C(C)Nc1ncc(Cl)cc1[N+](=O)[O-]. The number of nitrogens with one attached hydrogen (secondary N) is 1. The number of halogens is 1. The van der Waals surface area contributed by atoms with Gasteiger partial charge in [-0.25, -0.2) is 4.98 Å². The molecule has 1 unspecified atom stereocenters. The number of aryl methyl sites for hydroxylation is 1. The highest BCUT2D eigenvalue weighted by Crippen LogP contribution is 2.29. The maximum Gasteiger partial charge on any atom is 0.312 e. The van der Waals surface area contributed by atoms with Crippen molar-refractivity contribution < 1.29 is 4.92 Å². The average molecular weight is 292 g/mol. The molecule has 0 fully saturated rings. The first-order valence-electron chi connectivity index (χ1n) is 6.11. The molecule has 1 N–H and O–H groups in total. The fourth-order valence-electron chi connectivity index (χ4n) is 2.03. The summed E-state index contributed by atoms with van der Waals surface area (Å²) >= 11 is 5.74. The van der Waals surface area contributed by atoms with Gasteiger partial charge in [-0.1, -0.05) is 35.9 Å². The van der Waals surface area contributed by atoms with Crippen LogP contribution < -0.4 is 5.32 Å². The molecule has 2 aromatic rings. The summed E-state index contributed by atoms with van der Waals surface area (Å²) < 4.78 is 0. The van der Waals surface area contributed by atoms with Crippen LogP contribution in [0.3, 0.4) is 0 Å². The highest BCUT2D eigenvalue weighted by atomic mass is 35.5. The fraction of sp³-hybridized carbons (Fsp3) is 0.214. The van der Waals surface area contributed by atoms with E-state index >= 15 is 0 Å². The number of aromatic nitrogens is 1. The van der Waals surface area contributed by atoms with Gasteiger partial charge in [0.1, 0.15) is 0 Å². The van der Waals surface area contributed by atoms with Gasteiger partial charge >= 0.3 is 5.69 Å². The molecule has 1 aromatic carbocycles. The van der Waals surface area contributed by atoms with Gasteiger partial charge < -0.3 is 5.32 Å². The van der Waals surface area contributed by atoms with Gasteiger partial charge in [0.2, 0.25) is 5.82 Å². The molecule has 0 bridgehead atoms. The molecular formula is C14H14ClN3O2. The number of rotatable bonds is 4. The number of benzene rings is 1. The summed E-state index contributed by atoms with van der Waals surface area (Å²) in [7, 11) is 0. The van der Waals surface area contributed by atoms with Crippen LogP contribution in [0.5, 0.6) is 0 Å². The monoisotopic (exact) mass is 291 g/mol. The smallest absolute Gasteiger partial charge is 0.312 e. The van der Waals surface area contributed by atoms with Crippen LogP contribution in [-0.2, 0) is 0 Å². The molecule has 0 saturated carbocycles. The Morgan fingerprint density at radius 1 is 1.40 bits per heavy atom. The Labute approximate surface area is 121 Å². The van der Waals surface area contributed by atoms with Crippen LogP contribution in [0.1, 0.15) is 24.1 Å². The Balaban J connectivity index is 2.31. The number of nitro groups is 1. The predicted octanol–water partition coefficient (Wildman–Crippen LogP) is 4.12. The van der Waals surface area contributed by atoms with Crippen LogP contribution >= 0.6 is 11.6 Å². The van der Waals surface area contributed by atoms with Crippen LogP contribution in [-0.4, -0.2) is 9.91 Å². The third kappa shape index (κ3) is 3.05. The Kier molecular flexibility index (Phi) is 4.20. The first-order chi connectivity index (χ1) is 9.49. The van der Waals surface area contributed by atoms with E-state index in [4.69, 9.17) is 11.6 Å². The van der Waals surface area contributed by atoms with Crippen molar-refractivity contribution >= 4 is 23.1 Å². The predicted molar refractivity (Wildman–Crippen MR) is 79.1 cm³/mol. The van der Waals surface area contributed by atoms with Gasteiger partial charge in [-0.3, -0.25) is 10.1 Å². The maximum absolute atomic E-state index is 11.0. The molecule has 0 aliphatic heterocycles. The van der Waals surface area contributed by atoms with E-state index in [0.29, 0.717) is 0 Å². The van der Waals surface area contributed by atoms with Crippen molar-refractivity contribution in [3.05, 3.63) is 62.8 Å². The Bertz CT molecular complexity index is 646. The van der Waals surface area contributed by atoms with E-state index in [-0.39, 0.29) is 22.6 Å². The lowest BCUT2D eigenvalue weighted by Crippen LogP contribution is -2.11. The average Bonchev–Trinajstić information content (AvgIpc) is 2.41. The molecule has 20 heavy (non-hydrogen) atoms. The number of anilines is 1. The van der Waals surface area contributed by atoms with E-state index in [2.05, 4.69) is 10.3 Å². The molecular weight excluding hydrogens is 278 g/mol. The summed E-state index contributed by atoms with van der Waals surface area (Å²) in [5.74, 6) is 0.218. The molecule has 0 aliphatic rings. The molecule has 0 amide bonds. The van der Waals surface area contributed by atoms with Gasteiger partial charge in [0.25, 0.3) is 0 Å². The summed E-state index contributed by atoms with van der Waals surface area (Å²) in [5.41, 5.74) is 2.06. The molecule has 1 atom stereocenters. The molecule has 104 valence electrons. The van der Waals surface area contributed by atoms with Crippen molar-refractivity contribution in [2.75, 3.05) is 5.32 Å². The zero-order chi connectivity index (χ0) is 14.7. The van der Waals surface area contributed by atoms with E-state index in [9.17, 15) is 10.1 Å². The number of nitrogens with zero attached hydrogens (tertiary/aromatic N) is 2. The van der Waals surface area contributed by atoms with Crippen LogP contribution in [0.15, 0.2) is 36.5 Å². The van der Waals surface area contributed by atoms with Gasteiger partial charge in [-0.2, -0.15) is 0 Å². The molecule has 0 radical (unpaired) electrons. The van der Waals surface area contributed by atoms with Crippen molar-refractivity contribution in [3.8, 4) is 0 Å². The van der Waals surface area contributed by atoms with Crippen molar-refractivity contribution in [1.82, 2.24) is 4.98 Å². The number of hydrogen-bond acceptors (Lipinski definition) is 4. The van der Waals surface area contributed by atoms with Gasteiger partial charge in [-0.15, -0.1) is 0 Å². The largest absolute Gasteiger partial charge is 0.358 e. The lowest BCUT2D eigenvalue weighted by Gasteiger charge is -2.17. The highest BCUT2D eigenvalue weighted by Gasteiger charge is 2.18. The van der Waals surface area contributed by atoms with Crippen LogP contribution in [0.4, 0.5) is 11.5 Å². The van der Waals surface area contributed by atoms with Gasteiger partial charge in [0.15, 0.2) is 0 Å². The second kappa shape index (κ2) is 5.88. The zero-order valence-corrected chi connectivity index (χ0v) is 11.9. The van der Waals surface area contributed by atoms with Crippen LogP contribution in [0.25, 0.3) is 0 Å². The quantitative estimate of drug-likeness (QED) is 0.679. The lowest BCUT2D eigenvalue weighted by atomic mass is 10.0. The first-order valence-corrected chi connectivity index (χ1v) is 6.49. The van der Waals surface area contributed by atoms with Gasteiger partial charge in [0.05, 0.1) is 16.0 Å². The van der Waals surface area contributed by atoms with Crippen molar-refractivity contribution in [1.29, 1.82) is 0 Å². The standard InChI is InChI=1S/C14H14ClN3O2/c1-9-5-3-4-6-12(9)10(2)17-14-13(18(19)20)7-11(15)8-16-14/h3-8,10H,1-2H3,(H,16,17). The molecule has 1 heterocycles. The van der Waals surface area contributed by atoms with E-state index in [0.717, 1.165) is 11.1 Å². The molecule has 6 heteroatoms. The summed E-state index contributed by atoms with van der Waals surface area (Å²) in [6.07, 6.45) is 1.39. The fourth-order valence-corrected chi connectivity index (χ4v) is 2.19. The molecule has 0 saturated heterocycles. The Hall–Kier alpha value is -2.14. The third-order valence-electron chi connectivity index (χ3n) is 3.04. The van der Waals surface area contributed by atoms with E-state index < -0.39 is 4.92 Å². The van der Waals surface area contributed by atoms with Crippen molar-refractivity contribution in [2.24, 2.45) is 0 Å². The summed E-state index contributed by atoms with van der Waals surface area (Å²) in [6.45, 7) is 3.93. The van der Waals surface area contributed by atoms with Crippen LogP contribution in [0.2, 0.25) is 5.02 Å². The van der Waals surface area contributed by atoms with E-state index in [1.807, 2.05) is 38.1 Å². The first kappa shape index (κ1) is 14.3. The highest BCUT2D eigenvalue weighted by molar-refractivity contribution is 6.30. The molecule has 0 aliphatic carbocycles. The maximum atomic E-state index is 11.0. The number of hydrogen-bond donors (Lipinski definition) is 1. The van der Waals surface area contributed by atoms with Gasteiger partial charge in [0, 0.05) is 12.3 Å². The Morgan fingerprint density at radius 2 is 2.10 bits per heavy atom. The summed E-state index contributed by atoms with van der Waals surface area (Å²) in [5, 5.41) is 14.3. The minimum atomic E-state index is -0.494. The van der Waals surface area contributed by atoms with Crippen molar-refractivity contribution in [2.45, 2.75) is 19.9 Å². The zero-order valence-electron chi connectivity index (χ0n) is 11.1. The molecule has 1 aromatic heterocycles.